The summed E-state index contributed by atoms with van der Waals surface area (Å²) < 4.78 is 22.5. The molecule has 1 N–H and O–H groups in total. The van der Waals surface area contributed by atoms with E-state index in [2.05, 4.69) is 11.7 Å². The van der Waals surface area contributed by atoms with Gasteiger partial charge in [-0.25, -0.2) is 0 Å². The average Bonchev–Trinajstić information content (AvgIpc) is 2.90. The third kappa shape index (κ3) is 5.38. The first kappa shape index (κ1) is 23.7. The van der Waals surface area contributed by atoms with Crippen molar-refractivity contribution >= 4 is 17.4 Å². The number of oxime groups is 1. The lowest BCUT2D eigenvalue weighted by Gasteiger charge is -2.27. The number of benzene rings is 3. The lowest BCUT2D eigenvalue weighted by molar-refractivity contribution is 0.276. The van der Waals surface area contributed by atoms with E-state index in [1.54, 1.807) is 20.3 Å². The van der Waals surface area contributed by atoms with Crippen molar-refractivity contribution in [2.75, 3.05) is 14.2 Å². The zero-order valence-electron chi connectivity index (χ0n) is 19.7. The molecule has 0 aliphatic carbocycles. The third-order valence-corrected chi connectivity index (χ3v) is 5.59. The predicted octanol–water partition coefficient (Wildman–Crippen LogP) is 6.47. The predicted molar refractivity (Wildman–Crippen MR) is 137 cm³/mol. The largest absolute Gasteiger partial charge is 0.497 e. The fraction of sp³-hybridized carbons (Fsp3) is 0.138. The molecule has 178 valence electrons. The lowest BCUT2D eigenvalue weighted by Crippen LogP contribution is -2.24. The van der Waals surface area contributed by atoms with Gasteiger partial charge in [-0.15, -0.1) is 6.58 Å². The Morgan fingerprint density at radius 2 is 1.66 bits per heavy atom. The summed E-state index contributed by atoms with van der Waals surface area (Å²) in [7, 11) is 3.27. The van der Waals surface area contributed by atoms with Crippen molar-refractivity contribution in [3.63, 3.8) is 0 Å². The topological polar surface area (TPSA) is 69.5 Å². The maximum Gasteiger partial charge on any atom is 0.187 e. The molecule has 0 radical (unpaired) electrons. The molecule has 1 aliphatic heterocycles. The van der Waals surface area contributed by atoms with Crippen molar-refractivity contribution in [2.45, 2.75) is 13.0 Å². The Hall–Kier alpha value is -4.45. The van der Waals surface area contributed by atoms with Crippen LogP contribution in [0.3, 0.4) is 0 Å². The van der Waals surface area contributed by atoms with Crippen LogP contribution in [-0.4, -0.2) is 25.1 Å². The Kier molecular flexibility index (Phi) is 7.53. The second-order valence-electron chi connectivity index (χ2n) is 7.76. The molecular weight excluding hydrogens is 442 g/mol. The number of nitrogens with zero attached hydrogens (tertiary/aromatic N) is 1. The number of ether oxygens (including phenoxy) is 4. The van der Waals surface area contributed by atoms with E-state index >= 15 is 0 Å². The Morgan fingerprint density at radius 3 is 2.31 bits per heavy atom. The van der Waals surface area contributed by atoms with Gasteiger partial charge in [0, 0.05) is 11.1 Å². The van der Waals surface area contributed by atoms with Crippen LogP contribution in [0.2, 0.25) is 0 Å². The van der Waals surface area contributed by atoms with Crippen LogP contribution in [0.15, 0.2) is 102 Å². The quantitative estimate of drug-likeness (QED) is 0.221. The Labute approximate surface area is 205 Å². The minimum Gasteiger partial charge on any atom is -0.497 e. The van der Waals surface area contributed by atoms with Crippen LogP contribution in [0, 0.1) is 0 Å². The van der Waals surface area contributed by atoms with Crippen LogP contribution in [0.1, 0.15) is 23.1 Å². The molecule has 0 atom stereocenters. The fourth-order valence-electron chi connectivity index (χ4n) is 3.74. The molecule has 6 nitrogen and oxygen atoms in total. The smallest absolute Gasteiger partial charge is 0.187 e. The first-order valence-electron chi connectivity index (χ1n) is 11.1. The van der Waals surface area contributed by atoms with E-state index < -0.39 is 0 Å². The van der Waals surface area contributed by atoms with E-state index in [0.29, 0.717) is 30.3 Å². The van der Waals surface area contributed by atoms with E-state index in [0.717, 1.165) is 39.5 Å². The van der Waals surface area contributed by atoms with E-state index in [9.17, 15) is 5.21 Å². The maximum absolute atomic E-state index is 9.67. The van der Waals surface area contributed by atoms with Crippen molar-refractivity contribution in [3.8, 4) is 17.2 Å². The summed E-state index contributed by atoms with van der Waals surface area (Å²) in [5.74, 6) is 3.30. The van der Waals surface area contributed by atoms with Crippen LogP contribution in [-0.2, 0) is 11.3 Å². The second kappa shape index (κ2) is 11.1. The van der Waals surface area contributed by atoms with Gasteiger partial charge < -0.3 is 24.2 Å². The van der Waals surface area contributed by atoms with Crippen LogP contribution < -0.4 is 14.2 Å². The van der Waals surface area contributed by atoms with E-state index in [1.165, 1.54) is 0 Å². The molecule has 35 heavy (non-hydrogen) atoms. The summed E-state index contributed by atoms with van der Waals surface area (Å²) >= 11 is 0. The number of allylic oxidation sites excluding steroid dienone is 2. The molecular formula is C29H27NO5. The van der Waals surface area contributed by atoms with E-state index in [-0.39, 0.29) is 0 Å². The summed E-state index contributed by atoms with van der Waals surface area (Å²) in [4.78, 5) is 0. The number of rotatable bonds is 9. The van der Waals surface area contributed by atoms with Crippen molar-refractivity contribution in [3.05, 3.63) is 114 Å². The highest BCUT2D eigenvalue weighted by molar-refractivity contribution is 6.20. The monoisotopic (exact) mass is 469 g/mol. The molecule has 1 saturated heterocycles. The molecule has 1 fully saturated rings. The molecule has 0 aromatic heterocycles. The average molecular weight is 470 g/mol. The highest BCUT2D eigenvalue weighted by Gasteiger charge is 2.32. The zero-order valence-corrected chi connectivity index (χ0v) is 19.7. The van der Waals surface area contributed by atoms with Gasteiger partial charge in [-0.1, -0.05) is 53.7 Å². The first-order valence-corrected chi connectivity index (χ1v) is 11.1. The zero-order chi connectivity index (χ0) is 24.6. The molecule has 3 aromatic rings. The maximum atomic E-state index is 9.67. The van der Waals surface area contributed by atoms with Crippen molar-refractivity contribution < 1.29 is 24.2 Å². The fourth-order valence-corrected chi connectivity index (χ4v) is 3.74. The number of hydrogen-bond donors (Lipinski definition) is 1. The molecule has 1 heterocycles. The van der Waals surface area contributed by atoms with Gasteiger partial charge in [0.1, 0.15) is 23.9 Å². The highest BCUT2D eigenvalue weighted by Crippen LogP contribution is 2.36. The van der Waals surface area contributed by atoms with Gasteiger partial charge in [0.05, 0.1) is 14.2 Å². The second-order valence-corrected chi connectivity index (χ2v) is 7.76. The van der Waals surface area contributed by atoms with Crippen LogP contribution in [0.5, 0.6) is 17.2 Å². The van der Waals surface area contributed by atoms with E-state index in [1.807, 2.05) is 78.9 Å². The Bertz CT molecular complexity index is 1270. The highest BCUT2D eigenvalue weighted by atomic mass is 16.5. The summed E-state index contributed by atoms with van der Waals surface area (Å²) in [6, 6.07) is 23.0. The van der Waals surface area contributed by atoms with Crippen molar-refractivity contribution in [1.82, 2.24) is 0 Å². The molecule has 1 aliphatic rings. The van der Waals surface area contributed by atoms with Gasteiger partial charge in [0.15, 0.2) is 17.2 Å². The summed E-state index contributed by atoms with van der Waals surface area (Å²) in [5.41, 5.74) is 4.07. The Morgan fingerprint density at radius 1 is 0.943 bits per heavy atom. The summed E-state index contributed by atoms with van der Waals surface area (Å²) in [6.45, 7) is 4.26. The number of para-hydroxylation sites is 1. The van der Waals surface area contributed by atoms with Crippen LogP contribution in [0.25, 0.3) is 11.6 Å². The van der Waals surface area contributed by atoms with Gasteiger partial charge in [0.25, 0.3) is 0 Å². The molecule has 0 amide bonds. The normalized spacial score (nSPS) is 16.3. The van der Waals surface area contributed by atoms with Crippen LogP contribution in [0.4, 0.5) is 0 Å². The van der Waals surface area contributed by atoms with Gasteiger partial charge >= 0.3 is 0 Å². The molecule has 0 unspecified atom stereocenters. The van der Waals surface area contributed by atoms with Gasteiger partial charge in [-0.2, -0.15) is 0 Å². The van der Waals surface area contributed by atoms with Crippen LogP contribution >= 0.6 is 0 Å². The minimum absolute atomic E-state index is 0.397. The number of hydrogen-bond acceptors (Lipinski definition) is 6. The van der Waals surface area contributed by atoms with Crippen molar-refractivity contribution in [1.29, 1.82) is 0 Å². The van der Waals surface area contributed by atoms with Gasteiger partial charge in [0.2, 0.25) is 0 Å². The molecule has 0 saturated carbocycles. The minimum atomic E-state index is 0.397. The van der Waals surface area contributed by atoms with Gasteiger partial charge in [-0.3, -0.25) is 0 Å². The molecule has 6 heteroatoms. The third-order valence-electron chi connectivity index (χ3n) is 5.59. The standard InChI is InChI=1S/C29H27NO5/c1-4-7-25(29-28(30-31)27(35-29)18-20-10-14-23(32-2)15-11-20)21-12-16-24(17-13-21)34-19-22-8-5-6-9-26(22)33-3/h4-6,8-18,31H,1,7,19H2,2-3H3/b27-18-,29-25-,30-28+. The molecule has 0 bridgehead atoms. The molecule has 0 spiro atoms. The number of methoxy groups -OCH3 is 2. The molecule has 4 rings (SSSR count). The SMILES string of the molecule is C=CC/C(=C1/OC(=C\c2ccc(OC)cc2)/C1=N\O)c1ccc(OCc2ccccc2OC)cc1. The summed E-state index contributed by atoms with van der Waals surface area (Å²) in [5, 5.41) is 13.2. The lowest BCUT2D eigenvalue weighted by atomic mass is 9.95. The Balaban J connectivity index is 1.52. The van der Waals surface area contributed by atoms with E-state index in [4.69, 9.17) is 18.9 Å². The van der Waals surface area contributed by atoms with Crippen molar-refractivity contribution in [2.24, 2.45) is 5.16 Å². The first-order chi connectivity index (χ1) is 17.2. The summed E-state index contributed by atoms with van der Waals surface area (Å²) in [6.07, 6.45) is 4.15. The molecule has 3 aromatic carbocycles. The van der Waals surface area contributed by atoms with Gasteiger partial charge in [-0.05, 0) is 54.0 Å².